The smallest absolute Gasteiger partial charge is 0.190 e. The highest BCUT2D eigenvalue weighted by Gasteiger charge is 2.82. The molecule has 0 aromatic rings. The van der Waals surface area contributed by atoms with Crippen molar-refractivity contribution in [1.29, 1.82) is 0 Å². The summed E-state index contributed by atoms with van der Waals surface area (Å²) in [6.45, 7) is 7.81. The average Bonchev–Trinajstić information content (AvgIpc) is 3.37. The number of carbonyl (C=O) groups is 2. The lowest BCUT2D eigenvalue weighted by Crippen LogP contribution is -2.63. The lowest BCUT2D eigenvalue weighted by atomic mass is 9.54. The number of Topliss-reactive ketones (excluding diaryl/α,β-unsaturated/α-hetero) is 2. The van der Waals surface area contributed by atoms with E-state index in [4.69, 9.17) is 19.2 Å². The summed E-state index contributed by atoms with van der Waals surface area (Å²) in [5.74, 6) is -2.20. The molecule has 1 spiro atoms. The van der Waals surface area contributed by atoms with E-state index in [0.29, 0.717) is 5.57 Å². The Bertz CT molecular complexity index is 915. The van der Waals surface area contributed by atoms with Crippen LogP contribution in [-0.2, 0) is 28.8 Å². The van der Waals surface area contributed by atoms with Crippen LogP contribution in [-0.4, -0.2) is 59.9 Å². The first-order valence-corrected chi connectivity index (χ1v) is 10.8. The standard InChI is InChI=1S/C23H28O7/c1-8(2)6-11-23-10(22(3,4)27-5)7-9-12(21(23)26)13-15(23)18(30-29-11)14(17(13)25)19-20(28-19)16(9)24/h6-7,10-15,17-20,25H,1-5H3/t10-,11-,12-,13+,14?,15-,17?,18+,19-,20+,23-/m0/s1. The summed E-state index contributed by atoms with van der Waals surface area (Å²) in [6.07, 6.45) is 1.01. The summed E-state index contributed by atoms with van der Waals surface area (Å²) >= 11 is 0. The number of hydrogen-bond donors (Lipinski definition) is 1. The fourth-order valence-corrected chi connectivity index (χ4v) is 7.47. The number of ketones is 2. The van der Waals surface area contributed by atoms with Gasteiger partial charge in [0.05, 0.1) is 23.0 Å². The maximum Gasteiger partial charge on any atom is 0.190 e. The molecule has 0 aromatic carbocycles. The number of fused-ring (bicyclic) bond motifs is 4. The minimum atomic E-state index is -0.962. The van der Waals surface area contributed by atoms with Crippen molar-refractivity contribution >= 4 is 11.6 Å². The summed E-state index contributed by atoms with van der Waals surface area (Å²) in [4.78, 5) is 39.5. The summed E-state index contributed by atoms with van der Waals surface area (Å²) in [7, 11) is 1.63. The molecule has 0 radical (unpaired) electrons. The van der Waals surface area contributed by atoms with Crippen molar-refractivity contribution in [2.24, 2.45) is 35.0 Å². The van der Waals surface area contributed by atoms with E-state index in [1.54, 1.807) is 7.11 Å². The maximum absolute atomic E-state index is 14.2. The number of epoxide rings is 1. The topological polar surface area (TPSA) is 94.6 Å². The number of carbonyl (C=O) groups excluding carboxylic acids is 2. The Balaban J connectivity index is 1.67. The average molecular weight is 416 g/mol. The second-order valence-electron chi connectivity index (χ2n) is 10.6. The van der Waals surface area contributed by atoms with E-state index < -0.39 is 47.3 Å². The maximum atomic E-state index is 14.2. The van der Waals surface area contributed by atoms with Crippen molar-refractivity contribution in [2.75, 3.05) is 7.11 Å². The van der Waals surface area contributed by atoms with Crippen LogP contribution < -0.4 is 0 Å². The first-order chi connectivity index (χ1) is 14.2. The molecule has 4 bridgehead atoms. The zero-order valence-corrected chi connectivity index (χ0v) is 17.8. The Morgan fingerprint density at radius 2 is 1.93 bits per heavy atom. The zero-order chi connectivity index (χ0) is 21.3. The van der Waals surface area contributed by atoms with Crippen molar-refractivity contribution in [3.8, 4) is 0 Å². The Morgan fingerprint density at radius 3 is 2.60 bits per heavy atom. The van der Waals surface area contributed by atoms with Crippen LogP contribution >= 0.6 is 0 Å². The fourth-order valence-electron chi connectivity index (χ4n) is 7.47. The van der Waals surface area contributed by atoms with Crippen LogP contribution in [0.3, 0.4) is 0 Å². The molecule has 6 rings (SSSR count). The van der Waals surface area contributed by atoms with Crippen molar-refractivity contribution in [3.63, 3.8) is 0 Å². The van der Waals surface area contributed by atoms with E-state index in [0.717, 1.165) is 5.57 Å². The van der Waals surface area contributed by atoms with Gasteiger partial charge in [0.2, 0.25) is 0 Å². The predicted molar refractivity (Wildman–Crippen MR) is 103 cm³/mol. The monoisotopic (exact) mass is 416 g/mol. The molecule has 5 fully saturated rings. The first-order valence-electron chi connectivity index (χ1n) is 10.8. The number of aliphatic hydroxyl groups is 1. The van der Waals surface area contributed by atoms with Gasteiger partial charge in [-0.15, -0.1) is 0 Å². The predicted octanol–water partition coefficient (Wildman–Crippen LogP) is 1.39. The molecular weight excluding hydrogens is 388 g/mol. The first kappa shape index (κ1) is 19.3. The minimum absolute atomic E-state index is 0.0223. The third-order valence-corrected chi connectivity index (χ3v) is 8.73. The molecule has 162 valence electrons. The van der Waals surface area contributed by atoms with Gasteiger partial charge in [-0.3, -0.25) is 9.59 Å². The Hall–Kier alpha value is -1.38. The molecule has 7 nitrogen and oxygen atoms in total. The third-order valence-electron chi connectivity index (χ3n) is 8.73. The number of aliphatic hydroxyl groups excluding tert-OH is 1. The summed E-state index contributed by atoms with van der Waals surface area (Å²) in [5, 5.41) is 11.4. The molecule has 30 heavy (non-hydrogen) atoms. The van der Waals surface area contributed by atoms with Crippen molar-refractivity contribution < 1.29 is 33.9 Å². The van der Waals surface area contributed by atoms with Crippen molar-refractivity contribution in [1.82, 2.24) is 0 Å². The van der Waals surface area contributed by atoms with Gasteiger partial charge >= 0.3 is 0 Å². The molecule has 2 heterocycles. The van der Waals surface area contributed by atoms with Gasteiger partial charge in [-0.1, -0.05) is 17.7 Å². The summed E-state index contributed by atoms with van der Waals surface area (Å²) in [6, 6.07) is 0. The van der Waals surface area contributed by atoms with Gasteiger partial charge < -0.3 is 14.6 Å². The van der Waals surface area contributed by atoms with Gasteiger partial charge in [0, 0.05) is 36.4 Å². The van der Waals surface area contributed by atoms with Crippen molar-refractivity contribution in [3.05, 3.63) is 23.3 Å². The van der Waals surface area contributed by atoms with E-state index >= 15 is 0 Å². The Labute approximate surface area is 175 Å². The largest absolute Gasteiger partial charge is 0.392 e. The lowest BCUT2D eigenvalue weighted by molar-refractivity contribution is -0.410. The molecule has 2 saturated heterocycles. The third kappa shape index (κ3) is 1.95. The van der Waals surface area contributed by atoms with Crippen LogP contribution in [0.1, 0.15) is 27.7 Å². The van der Waals surface area contributed by atoms with E-state index in [1.165, 1.54) is 0 Å². The van der Waals surface area contributed by atoms with Gasteiger partial charge in [0.15, 0.2) is 11.6 Å². The molecule has 1 N–H and O–H groups in total. The number of hydrogen-bond acceptors (Lipinski definition) is 7. The second-order valence-corrected chi connectivity index (χ2v) is 10.6. The van der Waals surface area contributed by atoms with Crippen molar-refractivity contribution in [2.45, 2.75) is 63.8 Å². The van der Waals surface area contributed by atoms with Crippen LogP contribution in [0.15, 0.2) is 23.3 Å². The molecule has 11 atom stereocenters. The Kier molecular flexibility index (Phi) is 3.67. The highest BCUT2D eigenvalue weighted by molar-refractivity contribution is 6.10. The highest BCUT2D eigenvalue weighted by atomic mass is 17.2. The molecule has 6 aliphatic rings. The number of allylic oxidation sites excluding steroid dienone is 1. The molecule has 0 amide bonds. The summed E-state index contributed by atoms with van der Waals surface area (Å²) in [5.41, 5.74) is -0.193. The van der Waals surface area contributed by atoms with Gasteiger partial charge in [0.1, 0.15) is 24.4 Å². The quantitative estimate of drug-likeness (QED) is 0.422. The van der Waals surface area contributed by atoms with Crippen LogP contribution in [0.25, 0.3) is 0 Å². The Morgan fingerprint density at radius 1 is 1.20 bits per heavy atom. The van der Waals surface area contributed by atoms with E-state index in [9.17, 15) is 14.7 Å². The second kappa shape index (κ2) is 5.70. The van der Waals surface area contributed by atoms with Crippen LogP contribution in [0.4, 0.5) is 0 Å². The molecule has 0 aromatic heterocycles. The number of methoxy groups -OCH3 is 1. The lowest BCUT2D eigenvalue weighted by Gasteiger charge is -2.54. The molecule has 2 unspecified atom stereocenters. The van der Waals surface area contributed by atoms with Crippen LogP contribution in [0.2, 0.25) is 0 Å². The van der Waals surface area contributed by atoms with Crippen LogP contribution in [0.5, 0.6) is 0 Å². The number of rotatable bonds is 3. The van der Waals surface area contributed by atoms with Gasteiger partial charge in [-0.2, -0.15) is 0 Å². The molecule has 2 aliphatic heterocycles. The van der Waals surface area contributed by atoms with Crippen LogP contribution in [0, 0.1) is 35.0 Å². The van der Waals surface area contributed by atoms with Gasteiger partial charge in [0.25, 0.3) is 0 Å². The molecule has 3 saturated carbocycles. The molecule has 4 aliphatic carbocycles. The fraction of sp³-hybridized carbons (Fsp3) is 0.739. The number of ether oxygens (including phenoxy) is 2. The van der Waals surface area contributed by atoms with Gasteiger partial charge in [-0.25, -0.2) is 9.78 Å². The zero-order valence-electron chi connectivity index (χ0n) is 17.8. The van der Waals surface area contributed by atoms with Gasteiger partial charge in [-0.05, 0) is 27.7 Å². The minimum Gasteiger partial charge on any atom is -0.392 e. The SMILES string of the molecule is COC(C)(C)[C@@H]1C=C2C(=O)[C@H]3O[C@H]3C3C(O)[C@@H]4[C@H]2C(=O)[C@@]12[C@@H]4[C@@H]3OO[C@H]2C=C(C)C. The normalized spacial score (nSPS) is 52.5. The van der Waals surface area contributed by atoms with E-state index in [-0.39, 0.29) is 35.4 Å². The van der Waals surface area contributed by atoms with E-state index in [2.05, 4.69) is 0 Å². The molecular formula is C23H28O7. The van der Waals surface area contributed by atoms with E-state index in [1.807, 2.05) is 39.8 Å². The molecule has 7 heteroatoms. The summed E-state index contributed by atoms with van der Waals surface area (Å²) < 4.78 is 11.6. The highest BCUT2D eigenvalue weighted by Crippen LogP contribution is 2.72.